The molecule has 0 bridgehead atoms. The number of halogens is 3. The monoisotopic (exact) mass is 464 g/mol. The summed E-state index contributed by atoms with van der Waals surface area (Å²) >= 11 is 0. The van der Waals surface area contributed by atoms with Crippen LogP contribution in [0.2, 0.25) is 0 Å². The molecule has 1 fully saturated rings. The highest BCUT2D eigenvalue weighted by Gasteiger charge is 2.44. The fraction of sp³-hybridized carbons (Fsp3) is 0.458. The highest BCUT2D eigenvalue weighted by molar-refractivity contribution is 5.99. The number of nitrogens with one attached hydrogen (secondary N) is 1. The summed E-state index contributed by atoms with van der Waals surface area (Å²) in [6, 6.07) is 6.12. The standard InChI is InChI=1S/C24H27F3N2O4/c1-4-15-8-10-23(11-9-15,22(31)33-3)29-20(30)17-13-19(21(32-2)28-14-17)16-6-5-7-18(12-16)24(25,26)27/h5-7,12-15H,4,8-11H2,1-3H3,(H,29,30). The third kappa shape index (κ3) is 5.29. The number of carbonyl (C=O) groups is 2. The molecule has 6 nitrogen and oxygen atoms in total. The lowest BCUT2D eigenvalue weighted by molar-refractivity contribution is -0.150. The van der Waals surface area contributed by atoms with Crippen LogP contribution in [0.1, 0.15) is 54.9 Å². The molecule has 0 saturated heterocycles. The molecule has 1 saturated carbocycles. The van der Waals surface area contributed by atoms with Crippen molar-refractivity contribution in [3.05, 3.63) is 47.7 Å². The van der Waals surface area contributed by atoms with Crippen LogP contribution in [0, 0.1) is 5.92 Å². The van der Waals surface area contributed by atoms with Crippen LogP contribution in [0.3, 0.4) is 0 Å². The van der Waals surface area contributed by atoms with Crippen LogP contribution in [-0.2, 0) is 15.7 Å². The predicted octanol–water partition coefficient (Wildman–Crippen LogP) is 5.02. The molecule has 1 aliphatic carbocycles. The highest BCUT2D eigenvalue weighted by atomic mass is 19.4. The van der Waals surface area contributed by atoms with Gasteiger partial charge in [0.15, 0.2) is 0 Å². The van der Waals surface area contributed by atoms with Gasteiger partial charge in [-0.3, -0.25) is 4.79 Å². The van der Waals surface area contributed by atoms with E-state index in [1.54, 1.807) is 0 Å². The second kappa shape index (κ2) is 9.80. The van der Waals surface area contributed by atoms with Gasteiger partial charge in [-0.2, -0.15) is 13.2 Å². The van der Waals surface area contributed by atoms with E-state index in [2.05, 4.69) is 17.2 Å². The van der Waals surface area contributed by atoms with E-state index in [0.717, 1.165) is 31.4 Å². The molecule has 0 radical (unpaired) electrons. The van der Waals surface area contributed by atoms with Crippen molar-refractivity contribution in [1.29, 1.82) is 0 Å². The normalized spacial score (nSPS) is 20.7. The number of alkyl halides is 3. The van der Waals surface area contributed by atoms with Crippen LogP contribution in [0.4, 0.5) is 13.2 Å². The minimum Gasteiger partial charge on any atom is -0.481 e. The van der Waals surface area contributed by atoms with Crippen molar-refractivity contribution in [3.8, 4) is 17.0 Å². The Morgan fingerprint density at radius 2 is 1.88 bits per heavy atom. The Bertz CT molecular complexity index is 1020. The van der Waals surface area contributed by atoms with Gasteiger partial charge in [0.05, 0.1) is 25.3 Å². The Morgan fingerprint density at radius 1 is 1.18 bits per heavy atom. The molecule has 1 amide bonds. The number of hydrogen-bond acceptors (Lipinski definition) is 5. The SMILES string of the molecule is CCC1CCC(NC(=O)c2cnc(OC)c(-c3cccc(C(F)(F)F)c3)c2)(C(=O)OC)CC1. The minimum atomic E-state index is -4.52. The maximum absolute atomic E-state index is 13.2. The Morgan fingerprint density at radius 3 is 2.45 bits per heavy atom. The number of amides is 1. The number of esters is 1. The van der Waals surface area contributed by atoms with Crippen LogP contribution >= 0.6 is 0 Å². The molecule has 2 aromatic rings. The van der Waals surface area contributed by atoms with Gasteiger partial charge in [0.25, 0.3) is 5.91 Å². The third-order valence-electron chi connectivity index (χ3n) is 6.27. The van der Waals surface area contributed by atoms with Crippen molar-refractivity contribution >= 4 is 11.9 Å². The van der Waals surface area contributed by atoms with Crippen molar-refractivity contribution in [3.63, 3.8) is 0 Å². The maximum atomic E-state index is 13.2. The van der Waals surface area contributed by atoms with Gasteiger partial charge in [-0.15, -0.1) is 0 Å². The van der Waals surface area contributed by atoms with Gasteiger partial charge in [0.2, 0.25) is 5.88 Å². The predicted molar refractivity (Wildman–Crippen MR) is 116 cm³/mol. The molecule has 0 spiro atoms. The molecule has 0 aliphatic heterocycles. The van der Waals surface area contributed by atoms with Crippen LogP contribution < -0.4 is 10.1 Å². The summed E-state index contributed by atoms with van der Waals surface area (Å²) in [4.78, 5) is 29.8. The van der Waals surface area contributed by atoms with Gasteiger partial charge >= 0.3 is 12.1 Å². The topological polar surface area (TPSA) is 77.5 Å². The van der Waals surface area contributed by atoms with Crippen molar-refractivity contribution in [1.82, 2.24) is 10.3 Å². The summed E-state index contributed by atoms with van der Waals surface area (Å²) < 4.78 is 49.7. The highest BCUT2D eigenvalue weighted by Crippen LogP contribution is 2.37. The minimum absolute atomic E-state index is 0.0806. The Balaban J connectivity index is 1.94. The first-order valence-corrected chi connectivity index (χ1v) is 10.8. The van der Waals surface area contributed by atoms with E-state index in [1.165, 1.54) is 38.6 Å². The van der Waals surface area contributed by atoms with Crippen molar-refractivity contribution in [2.75, 3.05) is 14.2 Å². The third-order valence-corrected chi connectivity index (χ3v) is 6.27. The zero-order valence-electron chi connectivity index (χ0n) is 18.8. The molecule has 1 aromatic carbocycles. The quantitative estimate of drug-likeness (QED) is 0.608. The molecular weight excluding hydrogens is 437 g/mol. The summed E-state index contributed by atoms with van der Waals surface area (Å²) in [7, 11) is 2.63. The van der Waals surface area contributed by atoms with Gasteiger partial charge in [-0.1, -0.05) is 25.5 Å². The molecule has 1 N–H and O–H groups in total. The molecule has 3 rings (SSSR count). The number of aromatic nitrogens is 1. The average Bonchev–Trinajstić information content (AvgIpc) is 2.83. The molecule has 0 unspecified atom stereocenters. The summed E-state index contributed by atoms with van der Waals surface area (Å²) in [5.41, 5.74) is -1.43. The second-order valence-corrected chi connectivity index (χ2v) is 8.24. The lowest BCUT2D eigenvalue weighted by Gasteiger charge is -2.38. The number of ether oxygens (including phenoxy) is 2. The van der Waals surface area contributed by atoms with Gasteiger partial charge in [-0.05, 0) is 55.4 Å². The number of benzene rings is 1. The van der Waals surface area contributed by atoms with E-state index in [9.17, 15) is 22.8 Å². The van der Waals surface area contributed by atoms with Gasteiger partial charge in [0, 0.05) is 11.8 Å². The molecule has 0 atom stereocenters. The van der Waals surface area contributed by atoms with E-state index in [-0.39, 0.29) is 22.6 Å². The fourth-order valence-electron chi connectivity index (χ4n) is 4.25. The molecule has 9 heteroatoms. The Hall–Kier alpha value is -3.10. The van der Waals surface area contributed by atoms with Crippen LogP contribution in [0.5, 0.6) is 5.88 Å². The van der Waals surface area contributed by atoms with Gasteiger partial charge in [0.1, 0.15) is 5.54 Å². The second-order valence-electron chi connectivity index (χ2n) is 8.24. The Kier molecular flexibility index (Phi) is 7.29. The summed E-state index contributed by atoms with van der Waals surface area (Å²) in [6.45, 7) is 2.09. The maximum Gasteiger partial charge on any atom is 0.416 e. The first-order chi connectivity index (χ1) is 15.6. The fourth-order valence-corrected chi connectivity index (χ4v) is 4.25. The molecule has 178 valence electrons. The molecule has 1 aliphatic rings. The first kappa shape index (κ1) is 24.5. The molecular formula is C24H27F3N2O4. The average molecular weight is 464 g/mol. The van der Waals surface area contributed by atoms with E-state index in [1.807, 2.05) is 0 Å². The van der Waals surface area contributed by atoms with E-state index < -0.39 is 29.2 Å². The number of carbonyl (C=O) groups excluding carboxylic acids is 2. The Labute approximate surface area is 190 Å². The van der Waals surface area contributed by atoms with Gasteiger partial charge < -0.3 is 14.8 Å². The lowest BCUT2D eigenvalue weighted by Crippen LogP contribution is -2.56. The van der Waals surface area contributed by atoms with Crippen molar-refractivity contribution in [2.24, 2.45) is 5.92 Å². The van der Waals surface area contributed by atoms with E-state index in [4.69, 9.17) is 9.47 Å². The number of methoxy groups -OCH3 is 2. The first-order valence-electron chi connectivity index (χ1n) is 10.8. The number of nitrogens with zero attached hydrogens (tertiary/aromatic N) is 1. The summed E-state index contributed by atoms with van der Waals surface area (Å²) in [5.74, 6) is -0.504. The zero-order valence-corrected chi connectivity index (χ0v) is 18.8. The van der Waals surface area contributed by atoms with Gasteiger partial charge in [-0.25, -0.2) is 9.78 Å². The zero-order chi connectivity index (χ0) is 24.2. The number of pyridine rings is 1. The molecule has 1 heterocycles. The van der Waals surface area contributed by atoms with Crippen LogP contribution in [0.15, 0.2) is 36.5 Å². The summed E-state index contributed by atoms with van der Waals surface area (Å²) in [6.07, 6.45) is 0.212. The van der Waals surface area contributed by atoms with Crippen molar-refractivity contribution in [2.45, 2.75) is 50.7 Å². The van der Waals surface area contributed by atoms with Crippen LogP contribution in [0.25, 0.3) is 11.1 Å². The number of rotatable bonds is 6. The smallest absolute Gasteiger partial charge is 0.416 e. The molecule has 33 heavy (non-hydrogen) atoms. The number of hydrogen-bond donors (Lipinski definition) is 1. The lowest BCUT2D eigenvalue weighted by atomic mass is 9.75. The van der Waals surface area contributed by atoms with Crippen LogP contribution in [-0.4, -0.2) is 36.6 Å². The molecule has 1 aromatic heterocycles. The van der Waals surface area contributed by atoms with E-state index in [0.29, 0.717) is 18.8 Å². The van der Waals surface area contributed by atoms with Crippen molar-refractivity contribution < 1.29 is 32.2 Å². The van der Waals surface area contributed by atoms with E-state index >= 15 is 0 Å². The largest absolute Gasteiger partial charge is 0.481 e. The summed E-state index contributed by atoms with van der Waals surface area (Å²) in [5, 5.41) is 2.82.